The molecule has 0 aromatic rings. The zero-order chi connectivity index (χ0) is 4.85. The van der Waals surface area contributed by atoms with Crippen molar-refractivity contribution in [2.75, 3.05) is 7.05 Å². The highest BCUT2D eigenvalue weighted by molar-refractivity contribution is 5.60. The first-order valence-electron chi connectivity index (χ1n) is 2.63. The summed E-state index contributed by atoms with van der Waals surface area (Å²) in [4.78, 5) is 6.38. The largest absolute Gasteiger partial charge is 0.361 e. The average Bonchev–Trinajstić information content (AvgIpc) is 2.33. The van der Waals surface area contributed by atoms with E-state index in [9.17, 15) is 0 Å². The molecule has 2 rings (SSSR count). The predicted octanol–water partition coefficient (Wildman–Crippen LogP) is 0.101. The molecule has 2 nitrogen and oxygen atoms in total. The second-order valence-electron chi connectivity index (χ2n) is 2.30. The lowest BCUT2D eigenvalue weighted by Gasteiger charge is -2.03. The molecule has 1 fully saturated rings. The molecule has 0 radical (unpaired) electrons. The molecule has 0 N–H and O–H groups in total. The van der Waals surface area contributed by atoms with Crippen molar-refractivity contribution in [1.29, 1.82) is 0 Å². The van der Waals surface area contributed by atoms with E-state index in [-0.39, 0.29) is 0 Å². The first-order chi connectivity index (χ1) is 3.38. The molecule has 0 amide bonds. The van der Waals surface area contributed by atoms with Gasteiger partial charge in [0.15, 0.2) is 0 Å². The molecule has 1 saturated carbocycles. The number of hydrogen-bond donors (Lipinski definition) is 0. The van der Waals surface area contributed by atoms with Crippen LogP contribution < -0.4 is 0 Å². The number of rotatable bonds is 0. The lowest BCUT2D eigenvalue weighted by atomic mass is 10.6. The molecular formula is C5H8N2. The fraction of sp³-hybridized carbons (Fsp3) is 0.800. The quantitative estimate of drug-likeness (QED) is 0.417. The molecule has 0 aromatic carbocycles. The third kappa shape index (κ3) is 0.315. The van der Waals surface area contributed by atoms with E-state index in [0.29, 0.717) is 6.04 Å². The van der Waals surface area contributed by atoms with E-state index in [0.717, 1.165) is 6.04 Å². The van der Waals surface area contributed by atoms with Gasteiger partial charge in [-0.05, 0) is 6.42 Å². The first kappa shape index (κ1) is 3.47. The number of nitrogens with zero attached hydrogens (tertiary/aromatic N) is 2. The molecule has 7 heavy (non-hydrogen) atoms. The van der Waals surface area contributed by atoms with Crippen molar-refractivity contribution in [3.63, 3.8) is 0 Å². The molecule has 38 valence electrons. The minimum absolute atomic E-state index is 0.685. The van der Waals surface area contributed by atoms with Gasteiger partial charge in [-0.25, -0.2) is 0 Å². The van der Waals surface area contributed by atoms with Gasteiger partial charge in [-0.15, -0.1) is 0 Å². The molecule has 2 heteroatoms. The van der Waals surface area contributed by atoms with Crippen molar-refractivity contribution in [2.24, 2.45) is 4.99 Å². The van der Waals surface area contributed by atoms with Gasteiger partial charge in [-0.2, -0.15) is 0 Å². The topological polar surface area (TPSA) is 15.6 Å². The van der Waals surface area contributed by atoms with Crippen LogP contribution in [0.15, 0.2) is 4.99 Å². The number of aliphatic imine (C=N–C) groups is 1. The van der Waals surface area contributed by atoms with Crippen molar-refractivity contribution < 1.29 is 0 Å². The van der Waals surface area contributed by atoms with Crippen molar-refractivity contribution in [1.82, 2.24) is 4.90 Å². The van der Waals surface area contributed by atoms with Crippen molar-refractivity contribution in [3.05, 3.63) is 0 Å². The molecule has 0 spiro atoms. The Bertz CT molecular complexity index is 119. The Hall–Kier alpha value is -0.530. The van der Waals surface area contributed by atoms with Gasteiger partial charge in [0.1, 0.15) is 0 Å². The van der Waals surface area contributed by atoms with Crippen LogP contribution in [0.3, 0.4) is 0 Å². The van der Waals surface area contributed by atoms with Gasteiger partial charge < -0.3 is 4.90 Å². The maximum atomic E-state index is 4.19. The molecule has 1 aliphatic carbocycles. The Balaban J connectivity index is 2.22. The summed E-state index contributed by atoms with van der Waals surface area (Å²) in [6, 6.07) is 1.48. The van der Waals surface area contributed by atoms with E-state index >= 15 is 0 Å². The third-order valence-corrected chi connectivity index (χ3v) is 1.69. The van der Waals surface area contributed by atoms with Gasteiger partial charge in [0.25, 0.3) is 0 Å². The van der Waals surface area contributed by atoms with Crippen LogP contribution in [0.5, 0.6) is 0 Å². The minimum atomic E-state index is 0.685. The maximum absolute atomic E-state index is 4.19. The lowest BCUT2D eigenvalue weighted by molar-refractivity contribution is 0.525. The van der Waals surface area contributed by atoms with Crippen LogP contribution in [0.4, 0.5) is 0 Å². The fourth-order valence-electron chi connectivity index (χ4n) is 1.04. The summed E-state index contributed by atoms with van der Waals surface area (Å²) in [7, 11) is 2.08. The van der Waals surface area contributed by atoms with Gasteiger partial charge in [0.05, 0.1) is 18.4 Å². The summed E-state index contributed by atoms with van der Waals surface area (Å²) in [5.41, 5.74) is 0. The van der Waals surface area contributed by atoms with Gasteiger partial charge in [0, 0.05) is 7.05 Å². The zero-order valence-electron chi connectivity index (χ0n) is 4.33. The smallest absolute Gasteiger partial charge is 0.0854 e. The normalized spacial score (nSPS) is 44.4. The molecule has 0 saturated heterocycles. The molecule has 2 aliphatic rings. The monoisotopic (exact) mass is 96.1 g/mol. The summed E-state index contributed by atoms with van der Waals surface area (Å²) in [5.74, 6) is 0. The SMILES string of the molecule is CN1C=NC2CC21. The van der Waals surface area contributed by atoms with E-state index in [4.69, 9.17) is 0 Å². The van der Waals surface area contributed by atoms with E-state index in [1.165, 1.54) is 6.42 Å². The number of fused-ring (bicyclic) bond motifs is 1. The van der Waals surface area contributed by atoms with Crippen LogP contribution in [-0.4, -0.2) is 30.4 Å². The Kier molecular flexibility index (Phi) is 0.412. The second kappa shape index (κ2) is 0.831. The van der Waals surface area contributed by atoms with E-state index in [1.54, 1.807) is 0 Å². The third-order valence-electron chi connectivity index (χ3n) is 1.69. The van der Waals surface area contributed by atoms with E-state index in [1.807, 2.05) is 6.34 Å². The summed E-state index contributed by atoms with van der Waals surface area (Å²) in [5, 5.41) is 0. The van der Waals surface area contributed by atoms with E-state index in [2.05, 4.69) is 16.9 Å². The van der Waals surface area contributed by atoms with E-state index < -0.39 is 0 Å². The fourth-order valence-corrected chi connectivity index (χ4v) is 1.04. The second-order valence-corrected chi connectivity index (χ2v) is 2.30. The highest BCUT2D eigenvalue weighted by atomic mass is 15.3. The van der Waals surface area contributed by atoms with Gasteiger partial charge >= 0.3 is 0 Å². The Morgan fingerprint density at radius 2 is 2.71 bits per heavy atom. The summed E-state index contributed by atoms with van der Waals surface area (Å²) < 4.78 is 0. The molecule has 0 bridgehead atoms. The van der Waals surface area contributed by atoms with Crippen LogP contribution in [0, 0.1) is 0 Å². The average molecular weight is 96.1 g/mol. The lowest BCUT2D eigenvalue weighted by Crippen LogP contribution is -2.15. The molecule has 1 heterocycles. The minimum Gasteiger partial charge on any atom is -0.361 e. The predicted molar refractivity (Wildman–Crippen MR) is 28.4 cm³/mol. The van der Waals surface area contributed by atoms with Gasteiger partial charge in [0.2, 0.25) is 0 Å². The van der Waals surface area contributed by atoms with Crippen molar-refractivity contribution >= 4 is 6.34 Å². The molecular weight excluding hydrogens is 88.1 g/mol. The van der Waals surface area contributed by atoms with Crippen molar-refractivity contribution in [3.8, 4) is 0 Å². The number of hydrogen-bond acceptors (Lipinski definition) is 2. The van der Waals surface area contributed by atoms with Crippen LogP contribution >= 0.6 is 0 Å². The molecule has 2 atom stereocenters. The summed E-state index contributed by atoms with van der Waals surface area (Å²) in [6.45, 7) is 0. The zero-order valence-corrected chi connectivity index (χ0v) is 4.33. The van der Waals surface area contributed by atoms with Gasteiger partial charge in [-0.3, -0.25) is 4.99 Å². The van der Waals surface area contributed by atoms with Crippen LogP contribution in [0.25, 0.3) is 0 Å². The van der Waals surface area contributed by atoms with Crippen LogP contribution in [0.2, 0.25) is 0 Å². The first-order valence-corrected chi connectivity index (χ1v) is 2.63. The molecule has 0 aromatic heterocycles. The van der Waals surface area contributed by atoms with Gasteiger partial charge in [-0.1, -0.05) is 0 Å². The summed E-state index contributed by atoms with van der Waals surface area (Å²) in [6.07, 6.45) is 3.23. The van der Waals surface area contributed by atoms with Crippen LogP contribution in [-0.2, 0) is 0 Å². The Labute approximate surface area is 42.8 Å². The molecule has 1 aliphatic heterocycles. The molecule has 2 unspecified atom stereocenters. The van der Waals surface area contributed by atoms with Crippen LogP contribution in [0.1, 0.15) is 6.42 Å². The Morgan fingerprint density at radius 1 is 1.86 bits per heavy atom. The summed E-state index contributed by atoms with van der Waals surface area (Å²) >= 11 is 0. The highest BCUT2D eigenvalue weighted by Crippen LogP contribution is 2.33. The van der Waals surface area contributed by atoms with Crippen molar-refractivity contribution in [2.45, 2.75) is 18.5 Å². The Morgan fingerprint density at radius 3 is 2.86 bits per heavy atom. The maximum Gasteiger partial charge on any atom is 0.0854 e. The highest BCUT2D eigenvalue weighted by Gasteiger charge is 2.42. The number of likely N-dealkylation sites (N-methyl/N-ethyl adjacent to an activating group) is 1. The standard InChI is InChI=1S/C5H8N2/c1-7-3-6-4-2-5(4)7/h3-5H,2H2,1H3.